The van der Waals surface area contributed by atoms with Gasteiger partial charge in [-0.25, -0.2) is 4.79 Å². The van der Waals surface area contributed by atoms with Crippen LogP contribution in [0.15, 0.2) is 78.9 Å². The monoisotopic (exact) mass is 403 g/mol. The van der Waals surface area contributed by atoms with E-state index in [2.05, 4.69) is 5.32 Å². The molecule has 152 valence electrons. The SMILES string of the molecule is CCOc1ccccc1NC(=O)[C@@H](OC(=O)c1ccc(C=O)cc1)c1ccccc1. The average molecular weight is 403 g/mol. The number of carbonyl (C=O) groups excluding carboxylic acids is 3. The molecule has 0 saturated heterocycles. The molecule has 0 radical (unpaired) electrons. The van der Waals surface area contributed by atoms with Crippen molar-refractivity contribution in [3.05, 3.63) is 95.6 Å². The van der Waals surface area contributed by atoms with Crippen molar-refractivity contribution in [3.63, 3.8) is 0 Å². The first-order chi connectivity index (χ1) is 14.6. The molecule has 0 bridgehead atoms. The number of carbonyl (C=O) groups is 3. The fourth-order valence-electron chi connectivity index (χ4n) is 2.82. The fraction of sp³-hybridized carbons (Fsp3) is 0.125. The lowest BCUT2D eigenvalue weighted by atomic mass is 10.1. The maximum Gasteiger partial charge on any atom is 0.339 e. The van der Waals surface area contributed by atoms with E-state index in [-0.39, 0.29) is 5.56 Å². The molecule has 30 heavy (non-hydrogen) atoms. The van der Waals surface area contributed by atoms with E-state index in [1.165, 1.54) is 24.3 Å². The highest BCUT2D eigenvalue weighted by Crippen LogP contribution is 2.27. The van der Waals surface area contributed by atoms with Gasteiger partial charge in [-0.2, -0.15) is 0 Å². The number of amides is 1. The molecule has 6 nitrogen and oxygen atoms in total. The normalized spacial score (nSPS) is 11.2. The summed E-state index contributed by atoms with van der Waals surface area (Å²) >= 11 is 0. The van der Waals surface area contributed by atoms with E-state index in [0.717, 1.165) is 0 Å². The van der Waals surface area contributed by atoms with Gasteiger partial charge in [-0.1, -0.05) is 54.6 Å². The summed E-state index contributed by atoms with van der Waals surface area (Å²) in [4.78, 5) is 36.5. The number of hydrogen-bond donors (Lipinski definition) is 1. The summed E-state index contributed by atoms with van der Waals surface area (Å²) in [5.74, 6) is -0.656. The van der Waals surface area contributed by atoms with E-state index < -0.39 is 18.0 Å². The standard InChI is InChI=1S/C24H21NO5/c1-2-29-21-11-7-6-10-20(21)25-23(27)22(18-8-4-3-5-9-18)30-24(28)19-14-12-17(16-26)13-15-19/h3-16,22H,2H2,1H3,(H,25,27)/t22-/m0/s1. The van der Waals surface area contributed by atoms with Crippen LogP contribution >= 0.6 is 0 Å². The Kier molecular flexibility index (Phi) is 6.95. The van der Waals surface area contributed by atoms with Crippen LogP contribution in [0.3, 0.4) is 0 Å². The van der Waals surface area contributed by atoms with Gasteiger partial charge >= 0.3 is 5.97 Å². The summed E-state index contributed by atoms with van der Waals surface area (Å²) < 4.78 is 11.1. The molecule has 0 aliphatic carbocycles. The average Bonchev–Trinajstić information content (AvgIpc) is 2.79. The predicted octanol–water partition coefficient (Wildman–Crippen LogP) is 4.43. The molecule has 3 aromatic carbocycles. The van der Waals surface area contributed by atoms with Crippen LogP contribution < -0.4 is 10.1 Å². The molecule has 1 amide bonds. The second-order valence-corrected chi connectivity index (χ2v) is 6.35. The van der Waals surface area contributed by atoms with Gasteiger partial charge in [0, 0.05) is 11.1 Å². The summed E-state index contributed by atoms with van der Waals surface area (Å²) in [5.41, 5.74) is 1.69. The smallest absolute Gasteiger partial charge is 0.339 e. The number of rotatable bonds is 8. The van der Waals surface area contributed by atoms with E-state index in [9.17, 15) is 14.4 Å². The van der Waals surface area contributed by atoms with Crippen molar-refractivity contribution in [2.24, 2.45) is 0 Å². The minimum atomic E-state index is -1.17. The van der Waals surface area contributed by atoms with Gasteiger partial charge in [0.1, 0.15) is 12.0 Å². The first-order valence-electron chi connectivity index (χ1n) is 9.46. The van der Waals surface area contributed by atoms with Crippen LogP contribution in [0, 0.1) is 0 Å². The Labute approximate surface area is 174 Å². The molecule has 0 spiro atoms. The van der Waals surface area contributed by atoms with Crippen LogP contribution in [-0.2, 0) is 9.53 Å². The van der Waals surface area contributed by atoms with Crippen molar-refractivity contribution >= 4 is 23.9 Å². The zero-order valence-electron chi connectivity index (χ0n) is 16.4. The Hall–Kier alpha value is -3.93. The molecule has 0 aliphatic heterocycles. The van der Waals surface area contributed by atoms with Gasteiger partial charge in [0.15, 0.2) is 0 Å². The van der Waals surface area contributed by atoms with Gasteiger partial charge in [0.05, 0.1) is 17.9 Å². The number of ether oxygens (including phenoxy) is 2. The Bertz CT molecular complexity index is 1020. The zero-order chi connectivity index (χ0) is 21.3. The Morgan fingerprint density at radius 2 is 1.60 bits per heavy atom. The minimum absolute atomic E-state index is 0.240. The number of benzene rings is 3. The molecule has 0 saturated carbocycles. The number of nitrogens with one attached hydrogen (secondary N) is 1. The molecule has 3 rings (SSSR count). The van der Waals surface area contributed by atoms with Crippen LogP contribution in [-0.4, -0.2) is 24.8 Å². The maximum absolute atomic E-state index is 13.0. The van der Waals surface area contributed by atoms with Crippen molar-refractivity contribution in [2.45, 2.75) is 13.0 Å². The lowest BCUT2D eigenvalue weighted by molar-refractivity contribution is -0.125. The zero-order valence-corrected chi connectivity index (χ0v) is 16.4. The summed E-state index contributed by atoms with van der Waals surface area (Å²) in [5, 5.41) is 2.78. The first-order valence-corrected chi connectivity index (χ1v) is 9.46. The first kappa shape index (κ1) is 20.8. The van der Waals surface area contributed by atoms with Crippen LogP contribution in [0.4, 0.5) is 5.69 Å². The van der Waals surface area contributed by atoms with E-state index >= 15 is 0 Å². The second-order valence-electron chi connectivity index (χ2n) is 6.35. The number of hydrogen-bond acceptors (Lipinski definition) is 5. The molecule has 0 heterocycles. The fourth-order valence-corrected chi connectivity index (χ4v) is 2.82. The molecule has 1 N–H and O–H groups in total. The van der Waals surface area contributed by atoms with E-state index in [4.69, 9.17) is 9.47 Å². The predicted molar refractivity (Wildman–Crippen MR) is 113 cm³/mol. The second kappa shape index (κ2) is 10.0. The van der Waals surface area contributed by atoms with E-state index in [1.807, 2.05) is 13.0 Å². The molecule has 0 aromatic heterocycles. The number of para-hydroxylation sites is 2. The minimum Gasteiger partial charge on any atom is -0.492 e. The largest absolute Gasteiger partial charge is 0.492 e. The summed E-state index contributed by atoms with van der Waals surface area (Å²) in [7, 11) is 0. The van der Waals surface area contributed by atoms with Gasteiger partial charge in [0.25, 0.3) is 5.91 Å². The van der Waals surface area contributed by atoms with Crippen LogP contribution in [0.5, 0.6) is 5.75 Å². The molecule has 0 unspecified atom stereocenters. The molecule has 0 fully saturated rings. The van der Waals surface area contributed by atoms with Gasteiger partial charge in [0.2, 0.25) is 6.10 Å². The Morgan fingerprint density at radius 3 is 2.27 bits per heavy atom. The highest BCUT2D eigenvalue weighted by Gasteiger charge is 2.26. The lowest BCUT2D eigenvalue weighted by Gasteiger charge is -2.19. The molecule has 1 atom stereocenters. The molecule has 0 aliphatic rings. The quantitative estimate of drug-likeness (QED) is 0.444. The van der Waals surface area contributed by atoms with Crippen molar-refractivity contribution in [1.29, 1.82) is 0 Å². The van der Waals surface area contributed by atoms with Gasteiger partial charge < -0.3 is 14.8 Å². The van der Waals surface area contributed by atoms with Gasteiger partial charge in [-0.05, 0) is 31.2 Å². The van der Waals surface area contributed by atoms with Crippen molar-refractivity contribution < 1.29 is 23.9 Å². The summed E-state index contributed by atoms with van der Waals surface area (Å²) in [6.07, 6.45) is -0.482. The molecule has 3 aromatic rings. The van der Waals surface area contributed by atoms with Gasteiger partial charge in [-0.3, -0.25) is 9.59 Å². The van der Waals surface area contributed by atoms with Crippen LogP contribution in [0.1, 0.15) is 39.3 Å². The number of esters is 1. The molecule has 6 heteroatoms. The van der Waals surface area contributed by atoms with Gasteiger partial charge in [-0.15, -0.1) is 0 Å². The lowest BCUT2D eigenvalue weighted by Crippen LogP contribution is -2.26. The highest BCUT2D eigenvalue weighted by molar-refractivity contribution is 5.99. The summed E-state index contributed by atoms with van der Waals surface area (Å²) in [6, 6.07) is 21.8. The van der Waals surface area contributed by atoms with Crippen LogP contribution in [0.25, 0.3) is 0 Å². The van der Waals surface area contributed by atoms with Crippen molar-refractivity contribution in [2.75, 3.05) is 11.9 Å². The van der Waals surface area contributed by atoms with E-state index in [1.54, 1.807) is 48.5 Å². The topological polar surface area (TPSA) is 81.7 Å². The summed E-state index contributed by atoms with van der Waals surface area (Å²) in [6.45, 7) is 2.30. The molecular weight excluding hydrogens is 382 g/mol. The highest BCUT2D eigenvalue weighted by atomic mass is 16.5. The Balaban J connectivity index is 1.84. The van der Waals surface area contributed by atoms with Crippen molar-refractivity contribution in [1.82, 2.24) is 0 Å². The van der Waals surface area contributed by atoms with Crippen LogP contribution in [0.2, 0.25) is 0 Å². The third-order valence-corrected chi connectivity index (χ3v) is 4.29. The van der Waals surface area contributed by atoms with E-state index in [0.29, 0.717) is 35.5 Å². The van der Waals surface area contributed by atoms with Crippen molar-refractivity contribution in [3.8, 4) is 5.75 Å². The third kappa shape index (κ3) is 5.11. The number of aldehydes is 1. The number of anilines is 1. The third-order valence-electron chi connectivity index (χ3n) is 4.29. The molecular formula is C24H21NO5. The maximum atomic E-state index is 13.0. The Morgan fingerprint density at radius 1 is 0.933 bits per heavy atom.